The Kier molecular flexibility index (Phi) is 5.67. The van der Waals surface area contributed by atoms with Gasteiger partial charge in [-0.25, -0.2) is 4.79 Å². The Morgan fingerprint density at radius 2 is 1.76 bits per heavy atom. The molecule has 5 nitrogen and oxygen atoms in total. The van der Waals surface area contributed by atoms with Crippen LogP contribution in [0.4, 0.5) is 0 Å². The number of carbonyl (C=O) groups excluding carboxylic acids is 1. The van der Waals surface area contributed by atoms with Gasteiger partial charge < -0.3 is 4.42 Å². The van der Waals surface area contributed by atoms with Crippen LogP contribution in [0, 0.1) is 11.8 Å². The lowest BCUT2D eigenvalue weighted by atomic mass is 9.88. The highest BCUT2D eigenvalue weighted by atomic mass is 16.4. The number of oxazole rings is 1. The van der Waals surface area contributed by atoms with Gasteiger partial charge >= 0.3 is 5.76 Å². The number of nitrogens with zero attached hydrogens (tertiary/aromatic N) is 2. The predicted molar refractivity (Wildman–Crippen MR) is 114 cm³/mol. The molecule has 0 saturated carbocycles. The van der Waals surface area contributed by atoms with Crippen molar-refractivity contribution < 1.29 is 9.21 Å². The second kappa shape index (κ2) is 8.37. The summed E-state index contributed by atoms with van der Waals surface area (Å²) in [6, 6.07) is 15.6. The zero-order valence-corrected chi connectivity index (χ0v) is 17.1. The minimum absolute atomic E-state index is 0.0556. The molecule has 0 amide bonds. The molecule has 2 aromatic carbocycles. The van der Waals surface area contributed by atoms with Crippen LogP contribution in [-0.2, 0) is 13.1 Å². The third kappa shape index (κ3) is 4.35. The maximum absolute atomic E-state index is 12.9. The van der Waals surface area contributed by atoms with Gasteiger partial charge in [-0.3, -0.25) is 14.3 Å². The highest BCUT2D eigenvalue weighted by Crippen LogP contribution is 2.23. The summed E-state index contributed by atoms with van der Waals surface area (Å²) in [5, 5.41) is 0. The number of Topliss-reactive ketones (excluding diaryl/α,β-unsaturated/α-hetero) is 1. The fourth-order valence-corrected chi connectivity index (χ4v) is 4.20. The standard InChI is InChI=1S/C24H28N2O3/c1-17(2)15-18-7-9-19(10-8-18)23(27)20-11-13-25(14-12-20)16-26-21-5-3-4-6-22(21)29-24(26)28/h3-10,17,20H,11-16H2,1-2H3. The molecule has 1 aliphatic heterocycles. The Bertz CT molecular complexity index is 1040. The first kappa shape index (κ1) is 19.6. The summed E-state index contributed by atoms with van der Waals surface area (Å²) in [7, 11) is 0. The molecule has 1 saturated heterocycles. The van der Waals surface area contributed by atoms with Gasteiger partial charge in [-0.15, -0.1) is 0 Å². The predicted octanol–water partition coefficient (Wildman–Crippen LogP) is 4.35. The van der Waals surface area contributed by atoms with Gasteiger partial charge in [0.25, 0.3) is 0 Å². The lowest BCUT2D eigenvalue weighted by Crippen LogP contribution is -2.39. The van der Waals surface area contributed by atoms with E-state index < -0.39 is 0 Å². The molecular weight excluding hydrogens is 364 g/mol. The number of hydrogen-bond donors (Lipinski definition) is 0. The number of para-hydroxylation sites is 2. The second-order valence-corrected chi connectivity index (χ2v) is 8.46. The first-order valence-corrected chi connectivity index (χ1v) is 10.4. The summed E-state index contributed by atoms with van der Waals surface area (Å²) in [4.78, 5) is 27.3. The van der Waals surface area contributed by atoms with Gasteiger partial charge in [0.15, 0.2) is 11.4 Å². The maximum Gasteiger partial charge on any atom is 0.421 e. The van der Waals surface area contributed by atoms with Gasteiger partial charge in [0, 0.05) is 24.6 Å². The maximum atomic E-state index is 12.9. The molecule has 2 heterocycles. The molecule has 0 atom stereocenters. The lowest BCUT2D eigenvalue weighted by molar-refractivity contribution is 0.0809. The first-order chi connectivity index (χ1) is 14.0. The van der Waals surface area contributed by atoms with Gasteiger partial charge in [-0.2, -0.15) is 0 Å². The number of likely N-dealkylation sites (tertiary alicyclic amines) is 1. The number of fused-ring (bicyclic) bond motifs is 1. The van der Waals surface area contributed by atoms with Crippen LogP contribution < -0.4 is 5.76 Å². The number of carbonyl (C=O) groups is 1. The second-order valence-electron chi connectivity index (χ2n) is 8.46. The topological polar surface area (TPSA) is 55.5 Å². The molecule has 152 valence electrons. The molecule has 5 heteroatoms. The fraction of sp³-hybridized carbons (Fsp3) is 0.417. The van der Waals surface area contributed by atoms with Gasteiger partial charge in [-0.1, -0.05) is 50.2 Å². The van der Waals surface area contributed by atoms with Crippen molar-refractivity contribution in [2.75, 3.05) is 13.1 Å². The number of aromatic nitrogens is 1. The van der Waals surface area contributed by atoms with Crippen molar-refractivity contribution in [3.8, 4) is 0 Å². The Morgan fingerprint density at radius 3 is 2.45 bits per heavy atom. The normalized spacial score (nSPS) is 16.0. The quantitative estimate of drug-likeness (QED) is 0.586. The van der Waals surface area contributed by atoms with Crippen molar-refractivity contribution in [1.82, 2.24) is 9.47 Å². The van der Waals surface area contributed by atoms with E-state index in [0.717, 1.165) is 43.4 Å². The van der Waals surface area contributed by atoms with Crippen LogP contribution in [-0.4, -0.2) is 28.3 Å². The smallest absolute Gasteiger partial charge is 0.408 e. The Hall–Kier alpha value is -2.66. The molecule has 0 N–H and O–H groups in total. The minimum atomic E-state index is -0.328. The van der Waals surface area contributed by atoms with E-state index in [-0.39, 0.29) is 17.5 Å². The van der Waals surface area contributed by atoms with Crippen molar-refractivity contribution in [3.05, 3.63) is 70.2 Å². The monoisotopic (exact) mass is 392 g/mol. The van der Waals surface area contributed by atoms with Crippen LogP contribution in [0.3, 0.4) is 0 Å². The third-order valence-electron chi connectivity index (χ3n) is 5.76. The summed E-state index contributed by atoms with van der Waals surface area (Å²) in [6.07, 6.45) is 2.67. The number of piperidine rings is 1. The van der Waals surface area contributed by atoms with E-state index in [1.807, 2.05) is 36.4 Å². The Labute approximate surface area is 170 Å². The van der Waals surface area contributed by atoms with E-state index in [9.17, 15) is 9.59 Å². The lowest BCUT2D eigenvalue weighted by Gasteiger charge is -2.31. The highest BCUT2D eigenvalue weighted by Gasteiger charge is 2.26. The van der Waals surface area contributed by atoms with E-state index in [1.54, 1.807) is 4.57 Å². The van der Waals surface area contributed by atoms with Crippen molar-refractivity contribution in [1.29, 1.82) is 0 Å². The molecule has 1 aromatic heterocycles. The largest absolute Gasteiger partial charge is 0.421 e. The van der Waals surface area contributed by atoms with Gasteiger partial charge in [0.1, 0.15) is 0 Å². The molecule has 3 aromatic rings. The molecule has 0 unspecified atom stereocenters. The molecule has 0 radical (unpaired) electrons. The summed E-state index contributed by atoms with van der Waals surface area (Å²) in [5.41, 5.74) is 3.53. The van der Waals surface area contributed by atoms with E-state index in [4.69, 9.17) is 4.42 Å². The van der Waals surface area contributed by atoms with E-state index in [1.165, 1.54) is 5.56 Å². The minimum Gasteiger partial charge on any atom is -0.408 e. The highest BCUT2D eigenvalue weighted by molar-refractivity contribution is 5.97. The van der Waals surface area contributed by atoms with Crippen molar-refractivity contribution in [2.45, 2.75) is 39.8 Å². The molecule has 0 aliphatic carbocycles. The Balaban J connectivity index is 1.37. The molecule has 1 aliphatic rings. The molecule has 1 fully saturated rings. The number of hydrogen-bond acceptors (Lipinski definition) is 4. The van der Waals surface area contributed by atoms with Crippen LogP contribution in [0.2, 0.25) is 0 Å². The van der Waals surface area contributed by atoms with Gasteiger partial charge in [0.05, 0.1) is 12.2 Å². The molecule has 0 bridgehead atoms. The van der Waals surface area contributed by atoms with E-state index >= 15 is 0 Å². The van der Waals surface area contributed by atoms with Gasteiger partial charge in [-0.05, 0) is 42.9 Å². The van der Waals surface area contributed by atoms with Crippen LogP contribution in [0.25, 0.3) is 11.1 Å². The zero-order chi connectivity index (χ0) is 20.4. The third-order valence-corrected chi connectivity index (χ3v) is 5.76. The summed E-state index contributed by atoms with van der Waals surface area (Å²) >= 11 is 0. The van der Waals surface area contributed by atoms with E-state index in [0.29, 0.717) is 18.2 Å². The van der Waals surface area contributed by atoms with E-state index in [2.05, 4.69) is 30.9 Å². The average molecular weight is 392 g/mol. The zero-order valence-electron chi connectivity index (χ0n) is 17.1. The van der Waals surface area contributed by atoms with Crippen molar-refractivity contribution >= 4 is 16.9 Å². The van der Waals surface area contributed by atoms with Gasteiger partial charge in [0.2, 0.25) is 0 Å². The average Bonchev–Trinajstić information content (AvgIpc) is 3.03. The summed E-state index contributed by atoms with van der Waals surface area (Å²) in [5.74, 6) is 0.582. The Morgan fingerprint density at radius 1 is 1.07 bits per heavy atom. The number of benzene rings is 2. The van der Waals surface area contributed by atoms with Crippen LogP contribution in [0.5, 0.6) is 0 Å². The molecule has 29 heavy (non-hydrogen) atoms. The molecule has 0 spiro atoms. The van der Waals surface area contributed by atoms with Crippen molar-refractivity contribution in [3.63, 3.8) is 0 Å². The first-order valence-electron chi connectivity index (χ1n) is 10.4. The number of ketones is 1. The van der Waals surface area contributed by atoms with Crippen LogP contribution in [0.1, 0.15) is 42.6 Å². The SMILES string of the molecule is CC(C)Cc1ccc(C(=O)C2CCN(Cn3c(=O)oc4ccccc43)CC2)cc1. The number of rotatable bonds is 6. The molecular formula is C24H28N2O3. The van der Waals surface area contributed by atoms with Crippen LogP contribution in [0.15, 0.2) is 57.7 Å². The van der Waals surface area contributed by atoms with Crippen LogP contribution >= 0.6 is 0 Å². The fourth-order valence-electron chi connectivity index (χ4n) is 4.20. The van der Waals surface area contributed by atoms with Crippen molar-refractivity contribution in [2.24, 2.45) is 11.8 Å². The summed E-state index contributed by atoms with van der Waals surface area (Å²) < 4.78 is 6.99. The molecule has 4 rings (SSSR count). The summed E-state index contributed by atoms with van der Waals surface area (Å²) in [6.45, 7) is 6.50.